The Morgan fingerprint density at radius 3 is 2.50 bits per heavy atom. The summed E-state index contributed by atoms with van der Waals surface area (Å²) in [6, 6.07) is 8.26. The van der Waals surface area contributed by atoms with Crippen molar-refractivity contribution in [2.24, 2.45) is 0 Å². The van der Waals surface area contributed by atoms with Gasteiger partial charge >= 0.3 is 12.6 Å². The molecule has 6 nitrogen and oxygen atoms in total. The molecule has 1 aromatic carbocycles. The number of aryl methyl sites for hydroxylation is 1. The van der Waals surface area contributed by atoms with Crippen LogP contribution in [0.1, 0.15) is 18.4 Å². The van der Waals surface area contributed by atoms with Crippen LogP contribution in [0.15, 0.2) is 40.8 Å². The topological polar surface area (TPSA) is 83.7 Å². The molecule has 1 atom stereocenters. The molecule has 0 aliphatic heterocycles. The molecule has 0 saturated heterocycles. The average molecular weight is 340 g/mol. The molecule has 1 aromatic heterocycles. The maximum Gasteiger partial charge on any atom is 0.387 e. The number of carbonyl (C=O) groups is 1. The highest BCUT2D eigenvalue weighted by atomic mass is 19.3. The monoisotopic (exact) mass is 340 g/mol. The van der Waals surface area contributed by atoms with Crippen molar-refractivity contribution in [2.75, 3.05) is 11.9 Å². The van der Waals surface area contributed by atoms with Crippen molar-refractivity contribution in [2.45, 2.75) is 26.1 Å². The Balaban J connectivity index is 1.86. The minimum absolute atomic E-state index is 0.00733. The van der Waals surface area contributed by atoms with Crippen molar-refractivity contribution in [1.29, 1.82) is 0 Å². The summed E-state index contributed by atoms with van der Waals surface area (Å²) in [4.78, 5) is 11.8. The molecule has 24 heavy (non-hydrogen) atoms. The van der Waals surface area contributed by atoms with Crippen molar-refractivity contribution in [1.82, 2.24) is 5.32 Å². The van der Waals surface area contributed by atoms with Gasteiger partial charge in [-0.2, -0.15) is 8.78 Å². The lowest BCUT2D eigenvalue weighted by molar-refractivity contribution is -0.0498. The number of hydrogen-bond acceptors (Lipinski definition) is 4. The van der Waals surface area contributed by atoms with Crippen molar-refractivity contribution in [3.8, 4) is 5.75 Å². The lowest BCUT2D eigenvalue weighted by atomic mass is 10.0. The fraction of sp³-hybridized carbons (Fsp3) is 0.312. The van der Waals surface area contributed by atoms with E-state index in [0.29, 0.717) is 17.2 Å². The van der Waals surface area contributed by atoms with Gasteiger partial charge in [0.25, 0.3) is 0 Å². The summed E-state index contributed by atoms with van der Waals surface area (Å²) in [5.74, 6) is 0.988. The number of anilines is 1. The molecular weight excluding hydrogens is 322 g/mol. The van der Waals surface area contributed by atoms with Gasteiger partial charge in [-0.1, -0.05) is 0 Å². The molecule has 2 aromatic rings. The molecule has 0 spiro atoms. The maximum atomic E-state index is 12.1. The zero-order valence-corrected chi connectivity index (χ0v) is 13.2. The second kappa shape index (κ2) is 7.31. The molecule has 0 aliphatic rings. The van der Waals surface area contributed by atoms with E-state index in [2.05, 4.69) is 15.4 Å². The van der Waals surface area contributed by atoms with Gasteiger partial charge in [0.1, 0.15) is 22.9 Å². The van der Waals surface area contributed by atoms with E-state index in [1.165, 1.54) is 31.2 Å². The molecule has 8 heteroatoms. The first-order valence-electron chi connectivity index (χ1n) is 7.15. The molecule has 0 bridgehead atoms. The molecule has 2 amide bonds. The van der Waals surface area contributed by atoms with Crippen LogP contribution in [0, 0.1) is 6.92 Å². The van der Waals surface area contributed by atoms with Gasteiger partial charge in [-0.15, -0.1) is 0 Å². The number of aliphatic hydroxyl groups is 1. The van der Waals surface area contributed by atoms with Gasteiger partial charge < -0.3 is 24.9 Å². The molecule has 130 valence electrons. The summed E-state index contributed by atoms with van der Waals surface area (Å²) in [5.41, 5.74) is -0.969. The predicted octanol–water partition coefficient (Wildman–Crippen LogP) is 3.22. The largest absolute Gasteiger partial charge is 0.463 e. The van der Waals surface area contributed by atoms with Gasteiger partial charge in [0.05, 0.1) is 6.54 Å². The summed E-state index contributed by atoms with van der Waals surface area (Å²) in [6.07, 6.45) is 0. The van der Waals surface area contributed by atoms with E-state index in [0.717, 1.165) is 0 Å². The first kappa shape index (κ1) is 17.7. The zero-order chi connectivity index (χ0) is 17.7. The fourth-order valence-electron chi connectivity index (χ4n) is 1.96. The van der Waals surface area contributed by atoms with Crippen LogP contribution in [0.4, 0.5) is 19.3 Å². The van der Waals surface area contributed by atoms with Crippen LogP contribution in [-0.2, 0) is 5.60 Å². The van der Waals surface area contributed by atoms with E-state index < -0.39 is 18.2 Å². The van der Waals surface area contributed by atoms with E-state index in [4.69, 9.17) is 4.42 Å². The van der Waals surface area contributed by atoms with E-state index in [1.807, 2.05) is 0 Å². The van der Waals surface area contributed by atoms with Crippen LogP contribution < -0.4 is 15.4 Å². The maximum absolute atomic E-state index is 12.1. The number of halogens is 2. The number of hydrogen-bond donors (Lipinski definition) is 3. The first-order valence-corrected chi connectivity index (χ1v) is 7.15. The fourth-order valence-corrected chi connectivity index (χ4v) is 1.96. The van der Waals surface area contributed by atoms with E-state index >= 15 is 0 Å². The number of nitrogens with one attached hydrogen (secondary N) is 2. The highest BCUT2D eigenvalue weighted by Gasteiger charge is 2.27. The van der Waals surface area contributed by atoms with Gasteiger partial charge in [0.15, 0.2) is 0 Å². The molecule has 3 N–H and O–H groups in total. The second-order valence-electron chi connectivity index (χ2n) is 5.39. The summed E-state index contributed by atoms with van der Waals surface area (Å²) in [6.45, 7) is 0.293. The molecule has 0 fully saturated rings. The SMILES string of the molecule is Cc1ccc(C(C)(O)CNC(=O)Nc2ccc(OC(F)F)cc2)o1. The average Bonchev–Trinajstić information content (AvgIpc) is 2.94. The molecule has 1 unspecified atom stereocenters. The molecule has 1 heterocycles. The Hall–Kier alpha value is -2.61. The Morgan fingerprint density at radius 2 is 1.96 bits per heavy atom. The number of rotatable bonds is 6. The summed E-state index contributed by atoms with van der Waals surface area (Å²) in [5, 5.41) is 15.3. The van der Waals surface area contributed by atoms with Gasteiger partial charge in [0.2, 0.25) is 0 Å². The number of ether oxygens (including phenoxy) is 1. The number of alkyl halides is 2. The number of furan rings is 1. The van der Waals surface area contributed by atoms with E-state index in [1.54, 1.807) is 19.1 Å². The summed E-state index contributed by atoms with van der Waals surface area (Å²) >= 11 is 0. The minimum Gasteiger partial charge on any atom is -0.463 e. The van der Waals surface area contributed by atoms with Crippen LogP contribution in [-0.4, -0.2) is 24.3 Å². The number of amides is 2. The van der Waals surface area contributed by atoms with E-state index in [9.17, 15) is 18.7 Å². The lowest BCUT2D eigenvalue weighted by Crippen LogP contribution is -2.40. The number of carbonyl (C=O) groups excluding carboxylic acids is 1. The van der Waals surface area contributed by atoms with Crippen LogP contribution in [0.5, 0.6) is 5.75 Å². The molecule has 0 radical (unpaired) electrons. The number of urea groups is 1. The third-order valence-electron chi connectivity index (χ3n) is 3.20. The quantitative estimate of drug-likeness (QED) is 0.754. The second-order valence-corrected chi connectivity index (χ2v) is 5.39. The highest BCUT2D eigenvalue weighted by molar-refractivity contribution is 5.89. The Kier molecular flexibility index (Phi) is 5.40. The molecule has 0 saturated carbocycles. The third-order valence-corrected chi connectivity index (χ3v) is 3.20. The van der Waals surface area contributed by atoms with Crippen molar-refractivity contribution < 1.29 is 27.8 Å². The van der Waals surface area contributed by atoms with Gasteiger partial charge in [0, 0.05) is 5.69 Å². The van der Waals surface area contributed by atoms with E-state index in [-0.39, 0.29) is 12.3 Å². The Labute approximate surface area is 137 Å². The Bertz CT molecular complexity index is 684. The highest BCUT2D eigenvalue weighted by Crippen LogP contribution is 2.22. The van der Waals surface area contributed by atoms with Gasteiger partial charge in [-0.3, -0.25) is 0 Å². The third kappa shape index (κ3) is 4.95. The van der Waals surface area contributed by atoms with Crippen LogP contribution in [0.2, 0.25) is 0 Å². The first-order chi connectivity index (χ1) is 11.3. The van der Waals surface area contributed by atoms with Crippen LogP contribution in [0.25, 0.3) is 0 Å². The normalized spacial score (nSPS) is 13.4. The van der Waals surface area contributed by atoms with Gasteiger partial charge in [-0.25, -0.2) is 4.79 Å². The summed E-state index contributed by atoms with van der Waals surface area (Å²) in [7, 11) is 0. The van der Waals surface area contributed by atoms with Crippen molar-refractivity contribution >= 4 is 11.7 Å². The Morgan fingerprint density at radius 1 is 1.29 bits per heavy atom. The van der Waals surface area contributed by atoms with Crippen molar-refractivity contribution in [3.05, 3.63) is 47.9 Å². The molecular formula is C16H18F2N2O4. The zero-order valence-electron chi connectivity index (χ0n) is 13.2. The van der Waals surface area contributed by atoms with Crippen molar-refractivity contribution in [3.63, 3.8) is 0 Å². The predicted molar refractivity (Wildman–Crippen MR) is 83.1 cm³/mol. The van der Waals surface area contributed by atoms with Gasteiger partial charge in [-0.05, 0) is 50.2 Å². The molecule has 2 rings (SSSR count). The number of benzene rings is 1. The smallest absolute Gasteiger partial charge is 0.387 e. The van der Waals surface area contributed by atoms with Crippen LogP contribution in [0.3, 0.4) is 0 Å². The molecule has 0 aliphatic carbocycles. The summed E-state index contributed by atoms with van der Waals surface area (Å²) < 4.78 is 33.7. The van der Waals surface area contributed by atoms with Crippen LogP contribution >= 0.6 is 0 Å². The standard InChI is InChI=1S/C16H18F2N2O4/c1-10-3-8-13(23-10)16(2,22)9-19-15(21)20-11-4-6-12(7-5-11)24-14(17)18/h3-8,14,22H,9H2,1-2H3,(H2,19,20,21). The lowest BCUT2D eigenvalue weighted by Gasteiger charge is -2.21. The minimum atomic E-state index is -2.90.